The number of nitrogens with zero attached hydrogens (tertiary/aromatic N) is 2. The molecule has 0 aliphatic carbocycles. The van der Waals surface area contributed by atoms with Gasteiger partial charge in [-0.2, -0.15) is 9.78 Å². The van der Waals surface area contributed by atoms with Crippen LogP contribution in [0.25, 0.3) is 5.69 Å². The van der Waals surface area contributed by atoms with E-state index in [1.165, 1.54) is 6.92 Å². The average molecular weight is 231 g/mol. The van der Waals surface area contributed by atoms with E-state index in [1.54, 1.807) is 24.3 Å². The number of hydrogen-bond donors (Lipinski definition) is 1. The number of H-pyrrole nitrogens is 1. The molecular weight excluding hydrogens is 222 g/mol. The molecule has 0 aliphatic heterocycles. The smallest absolute Gasteiger partial charge is 0.295 e. The number of carbonyl (C=O) groups is 1. The van der Waals surface area contributed by atoms with E-state index in [1.807, 2.05) is 0 Å². The van der Waals surface area contributed by atoms with Crippen molar-refractivity contribution >= 4 is 5.78 Å². The van der Waals surface area contributed by atoms with E-state index in [0.29, 0.717) is 11.3 Å². The molecule has 17 heavy (non-hydrogen) atoms. The largest absolute Gasteiger partial charge is 0.349 e. The van der Waals surface area contributed by atoms with Gasteiger partial charge in [0.25, 0.3) is 5.56 Å². The van der Waals surface area contributed by atoms with Gasteiger partial charge in [0.2, 0.25) is 0 Å². The molecule has 0 bridgehead atoms. The maximum absolute atomic E-state index is 11.4. The van der Waals surface area contributed by atoms with Gasteiger partial charge in [0.1, 0.15) is 6.20 Å². The first kappa shape index (κ1) is 11.0. The highest BCUT2D eigenvalue weighted by Crippen LogP contribution is 2.06. The number of rotatable bonds is 2. The van der Waals surface area contributed by atoms with Crippen LogP contribution in [0.4, 0.5) is 0 Å². The first-order valence-electron chi connectivity index (χ1n) is 4.88. The molecule has 6 heteroatoms. The third kappa shape index (κ3) is 2.20. The average Bonchev–Trinajstić information content (AvgIpc) is 2.29. The van der Waals surface area contributed by atoms with Gasteiger partial charge in [0, 0.05) is 5.56 Å². The predicted molar refractivity (Wildman–Crippen MR) is 60.5 cm³/mol. The van der Waals surface area contributed by atoms with Crippen LogP contribution < -0.4 is 11.2 Å². The lowest BCUT2D eigenvalue weighted by molar-refractivity contribution is 0.101. The molecule has 0 fully saturated rings. The van der Waals surface area contributed by atoms with E-state index < -0.39 is 11.2 Å². The van der Waals surface area contributed by atoms with Gasteiger partial charge in [-0.3, -0.25) is 14.6 Å². The maximum Gasteiger partial charge on any atom is 0.349 e. The second kappa shape index (κ2) is 4.17. The van der Waals surface area contributed by atoms with Gasteiger partial charge in [-0.05, 0) is 31.2 Å². The van der Waals surface area contributed by atoms with Gasteiger partial charge in [-0.25, -0.2) is 4.79 Å². The van der Waals surface area contributed by atoms with Gasteiger partial charge in [0.15, 0.2) is 5.78 Å². The quantitative estimate of drug-likeness (QED) is 0.744. The summed E-state index contributed by atoms with van der Waals surface area (Å²) in [5.41, 5.74) is -0.137. The van der Waals surface area contributed by atoms with Gasteiger partial charge in [-0.1, -0.05) is 0 Å². The van der Waals surface area contributed by atoms with Crippen molar-refractivity contribution in [1.29, 1.82) is 0 Å². The molecule has 2 rings (SSSR count). The number of nitrogens with one attached hydrogen (secondary N) is 1. The van der Waals surface area contributed by atoms with Gasteiger partial charge < -0.3 is 0 Å². The summed E-state index contributed by atoms with van der Waals surface area (Å²) in [5.74, 6) is -0.0571. The summed E-state index contributed by atoms with van der Waals surface area (Å²) < 4.78 is 1.05. The van der Waals surface area contributed by atoms with Crippen molar-refractivity contribution in [2.75, 3.05) is 0 Å². The second-order valence-corrected chi connectivity index (χ2v) is 3.45. The zero-order valence-corrected chi connectivity index (χ0v) is 9.01. The van der Waals surface area contributed by atoms with Crippen molar-refractivity contribution in [3.8, 4) is 5.69 Å². The Kier molecular flexibility index (Phi) is 2.70. The molecule has 0 saturated heterocycles. The van der Waals surface area contributed by atoms with Crippen LogP contribution in [-0.2, 0) is 0 Å². The molecule has 0 amide bonds. The number of hydrogen-bond acceptors (Lipinski definition) is 4. The summed E-state index contributed by atoms with van der Waals surface area (Å²) in [6.07, 6.45) is 1.01. The van der Waals surface area contributed by atoms with Crippen LogP contribution in [-0.4, -0.2) is 20.5 Å². The highest BCUT2D eigenvalue weighted by Gasteiger charge is 2.03. The first-order valence-corrected chi connectivity index (χ1v) is 4.88. The fourth-order valence-electron chi connectivity index (χ4n) is 1.37. The predicted octanol–water partition coefficient (Wildman–Crippen LogP) is 0.123. The van der Waals surface area contributed by atoms with Crippen molar-refractivity contribution in [3.05, 3.63) is 56.9 Å². The highest BCUT2D eigenvalue weighted by atomic mass is 16.2. The first-order chi connectivity index (χ1) is 8.08. The summed E-state index contributed by atoms with van der Waals surface area (Å²) >= 11 is 0. The monoisotopic (exact) mass is 231 g/mol. The number of carbonyl (C=O) groups excluding carboxylic acids is 1. The number of aromatic amines is 1. The molecule has 1 N–H and O–H groups in total. The van der Waals surface area contributed by atoms with Crippen molar-refractivity contribution in [3.63, 3.8) is 0 Å². The summed E-state index contributed by atoms with van der Waals surface area (Å²) in [7, 11) is 0. The molecular formula is C11H9N3O3. The summed E-state index contributed by atoms with van der Waals surface area (Å²) in [4.78, 5) is 35.4. The highest BCUT2D eigenvalue weighted by molar-refractivity contribution is 5.94. The fourth-order valence-corrected chi connectivity index (χ4v) is 1.37. The Balaban J connectivity index is 2.50. The van der Waals surface area contributed by atoms with Gasteiger partial charge in [0.05, 0.1) is 5.69 Å². The van der Waals surface area contributed by atoms with Crippen LogP contribution in [0.2, 0.25) is 0 Å². The Hall–Kier alpha value is -2.50. The van der Waals surface area contributed by atoms with E-state index in [9.17, 15) is 14.4 Å². The minimum Gasteiger partial charge on any atom is -0.295 e. The molecule has 6 nitrogen and oxygen atoms in total. The third-order valence-corrected chi connectivity index (χ3v) is 2.23. The Morgan fingerprint density at radius 1 is 1.24 bits per heavy atom. The molecule has 0 atom stereocenters. The molecule has 0 unspecified atom stereocenters. The summed E-state index contributed by atoms with van der Waals surface area (Å²) in [6.45, 7) is 1.46. The molecule has 1 aromatic heterocycles. The Morgan fingerprint density at radius 3 is 2.41 bits per heavy atom. The molecule has 1 heterocycles. The Bertz CT molecular complexity index is 667. The maximum atomic E-state index is 11.4. The van der Waals surface area contributed by atoms with Crippen LogP contribution in [0.5, 0.6) is 0 Å². The molecule has 2 aromatic rings. The Morgan fingerprint density at radius 2 is 1.88 bits per heavy atom. The molecule has 0 saturated carbocycles. The van der Waals surface area contributed by atoms with Crippen LogP contribution >= 0.6 is 0 Å². The van der Waals surface area contributed by atoms with Crippen molar-refractivity contribution in [1.82, 2.24) is 14.8 Å². The number of ketones is 1. The number of Topliss-reactive ketones (excluding diaryl/α,β-unsaturated/α-hetero) is 1. The van der Waals surface area contributed by atoms with Crippen LogP contribution in [0, 0.1) is 0 Å². The number of benzene rings is 1. The summed E-state index contributed by atoms with van der Waals surface area (Å²) in [5, 5.41) is 3.70. The van der Waals surface area contributed by atoms with Crippen molar-refractivity contribution < 1.29 is 4.79 Å². The lowest BCUT2D eigenvalue weighted by atomic mass is 10.1. The molecule has 86 valence electrons. The van der Waals surface area contributed by atoms with E-state index >= 15 is 0 Å². The molecule has 0 radical (unpaired) electrons. The minimum absolute atomic E-state index is 0.0571. The summed E-state index contributed by atoms with van der Waals surface area (Å²) in [6, 6.07) is 6.36. The van der Waals surface area contributed by atoms with Crippen LogP contribution in [0.1, 0.15) is 17.3 Å². The standard InChI is InChI=1S/C11H9N3O3/c1-7(15)8-2-4-9(5-3-8)14-11(17)13-10(16)6-12-14/h2-6H,1H3,(H,13,16,17). The van der Waals surface area contributed by atoms with Gasteiger partial charge in [-0.15, -0.1) is 0 Å². The number of aromatic nitrogens is 3. The van der Waals surface area contributed by atoms with E-state index in [0.717, 1.165) is 10.9 Å². The lowest BCUT2D eigenvalue weighted by Gasteiger charge is -2.03. The molecule has 1 aromatic carbocycles. The third-order valence-electron chi connectivity index (χ3n) is 2.23. The van der Waals surface area contributed by atoms with Crippen molar-refractivity contribution in [2.45, 2.75) is 6.92 Å². The van der Waals surface area contributed by atoms with Crippen LogP contribution in [0.15, 0.2) is 40.1 Å². The van der Waals surface area contributed by atoms with E-state index in [-0.39, 0.29) is 5.78 Å². The zero-order valence-electron chi connectivity index (χ0n) is 9.01. The second-order valence-electron chi connectivity index (χ2n) is 3.45. The van der Waals surface area contributed by atoms with Crippen LogP contribution in [0.3, 0.4) is 0 Å². The SMILES string of the molecule is CC(=O)c1ccc(-n2ncc(=O)[nH]c2=O)cc1. The Labute approximate surface area is 95.5 Å². The van der Waals surface area contributed by atoms with E-state index in [4.69, 9.17) is 0 Å². The molecule has 0 aliphatic rings. The fraction of sp³-hybridized carbons (Fsp3) is 0.0909. The minimum atomic E-state index is -0.618. The van der Waals surface area contributed by atoms with Crippen molar-refractivity contribution in [2.24, 2.45) is 0 Å². The normalized spacial score (nSPS) is 10.2. The molecule has 0 spiro atoms. The van der Waals surface area contributed by atoms with E-state index in [2.05, 4.69) is 10.1 Å². The topological polar surface area (TPSA) is 84.8 Å². The van der Waals surface area contributed by atoms with Gasteiger partial charge >= 0.3 is 5.69 Å². The zero-order chi connectivity index (χ0) is 12.4. The lowest BCUT2D eigenvalue weighted by Crippen LogP contribution is -2.30.